The average molecular weight is 290 g/mol. The second kappa shape index (κ2) is 6.76. The molecule has 0 saturated heterocycles. The molecule has 0 aromatic heterocycles. The summed E-state index contributed by atoms with van der Waals surface area (Å²) in [6.07, 6.45) is 3.04. The number of carbonyl (C=O) groups excluding carboxylic acids is 1. The summed E-state index contributed by atoms with van der Waals surface area (Å²) in [5, 5.41) is 19.1. The van der Waals surface area contributed by atoms with Crippen molar-refractivity contribution in [3.63, 3.8) is 0 Å². The third-order valence-corrected chi connectivity index (χ3v) is 3.75. The summed E-state index contributed by atoms with van der Waals surface area (Å²) in [4.78, 5) is 23.0. The molecule has 0 fully saturated rings. The fourth-order valence-corrected chi connectivity index (χ4v) is 2.59. The Morgan fingerprint density at radius 1 is 1.43 bits per heavy atom. The Kier molecular flexibility index (Phi) is 5.01. The van der Waals surface area contributed by atoms with Gasteiger partial charge in [-0.2, -0.15) is 0 Å². The summed E-state index contributed by atoms with van der Waals surface area (Å²) in [5.41, 5.74) is 0.774. The lowest BCUT2D eigenvalue weighted by Gasteiger charge is -2.28. The molecule has 0 spiro atoms. The fourth-order valence-electron chi connectivity index (χ4n) is 2.59. The van der Waals surface area contributed by atoms with Crippen molar-refractivity contribution in [2.45, 2.75) is 44.8 Å². The van der Waals surface area contributed by atoms with Crippen LogP contribution >= 0.6 is 0 Å². The number of aromatic carboxylic acids is 1. The van der Waals surface area contributed by atoms with Gasteiger partial charge in [0.25, 0.3) is 0 Å². The Balaban J connectivity index is 2.12. The summed E-state index contributed by atoms with van der Waals surface area (Å²) in [6.45, 7) is 2.02. The lowest BCUT2D eigenvalue weighted by molar-refractivity contribution is -0.119. The van der Waals surface area contributed by atoms with Gasteiger partial charge in [0, 0.05) is 18.7 Å². The highest BCUT2D eigenvalue weighted by atomic mass is 16.5. The maximum Gasteiger partial charge on any atom is 0.526 e. The number of para-hydroxylation sites is 1. The first-order valence-electron chi connectivity index (χ1n) is 7.24. The summed E-state index contributed by atoms with van der Waals surface area (Å²) < 4.78 is 5.36. The molecular formula is C15H19BO5. The molecule has 112 valence electrons. The van der Waals surface area contributed by atoms with E-state index >= 15 is 0 Å². The Morgan fingerprint density at radius 2 is 2.19 bits per heavy atom. The number of unbranched alkanes of at least 4 members (excludes halogenated alkanes) is 1. The summed E-state index contributed by atoms with van der Waals surface area (Å²) >= 11 is 0. The van der Waals surface area contributed by atoms with Crippen LogP contribution in [-0.4, -0.2) is 29.0 Å². The number of carbonyl (C=O) groups is 2. The molecule has 0 aliphatic carbocycles. The molecule has 0 bridgehead atoms. The van der Waals surface area contributed by atoms with E-state index in [0.717, 1.165) is 18.4 Å². The molecule has 5 nitrogen and oxygen atoms in total. The zero-order valence-electron chi connectivity index (χ0n) is 12.0. The topological polar surface area (TPSA) is 83.8 Å². The SMILES string of the molecule is CCCCC(=O)C[C@H]1Cc2cccc(C(=O)O)c2OB1O. The molecule has 2 N–H and O–H groups in total. The molecule has 6 heteroatoms. The van der Waals surface area contributed by atoms with Crippen molar-refractivity contribution in [3.05, 3.63) is 29.3 Å². The van der Waals surface area contributed by atoms with E-state index in [4.69, 9.17) is 9.76 Å². The van der Waals surface area contributed by atoms with E-state index < -0.39 is 13.1 Å². The van der Waals surface area contributed by atoms with Gasteiger partial charge in [-0.15, -0.1) is 0 Å². The minimum absolute atomic E-state index is 0.0438. The number of ketones is 1. The highest BCUT2D eigenvalue weighted by molar-refractivity contribution is 6.47. The smallest absolute Gasteiger partial charge is 0.526 e. The highest BCUT2D eigenvalue weighted by Crippen LogP contribution is 2.36. The van der Waals surface area contributed by atoms with Gasteiger partial charge in [-0.05, 0) is 24.5 Å². The van der Waals surface area contributed by atoms with Crippen molar-refractivity contribution < 1.29 is 24.4 Å². The van der Waals surface area contributed by atoms with E-state index in [2.05, 4.69) is 0 Å². The molecule has 0 saturated carbocycles. The van der Waals surface area contributed by atoms with Gasteiger partial charge in [0.1, 0.15) is 11.5 Å². The average Bonchev–Trinajstić information content (AvgIpc) is 2.45. The number of Topliss-reactive ketones (excluding diaryl/α,β-unsaturated/α-hetero) is 1. The first-order valence-corrected chi connectivity index (χ1v) is 7.24. The number of carboxylic acids is 1. The minimum Gasteiger partial charge on any atom is -0.535 e. The van der Waals surface area contributed by atoms with Crippen molar-refractivity contribution in [1.82, 2.24) is 0 Å². The van der Waals surface area contributed by atoms with Gasteiger partial charge in [-0.25, -0.2) is 4.79 Å². The lowest BCUT2D eigenvalue weighted by Crippen LogP contribution is -2.35. The largest absolute Gasteiger partial charge is 0.535 e. The molecular weight excluding hydrogens is 271 g/mol. The Hall–Kier alpha value is -1.82. The normalized spacial score (nSPS) is 17.0. The zero-order chi connectivity index (χ0) is 15.4. The number of carboxylic acid groups (broad SMARTS) is 1. The zero-order valence-corrected chi connectivity index (χ0v) is 12.0. The number of benzene rings is 1. The number of hydrogen-bond donors (Lipinski definition) is 2. The molecule has 0 amide bonds. The van der Waals surface area contributed by atoms with E-state index in [-0.39, 0.29) is 29.3 Å². The van der Waals surface area contributed by atoms with Gasteiger partial charge in [0.05, 0.1) is 5.56 Å². The first kappa shape index (κ1) is 15.6. The van der Waals surface area contributed by atoms with Crippen LogP contribution in [0, 0.1) is 0 Å². The number of hydrogen-bond acceptors (Lipinski definition) is 4. The van der Waals surface area contributed by atoms with Crippen LogP contribution in [0.5, 0.6) is 5.75 Å². The van der Waals surface area contributed by atoms with E-state index in [1.807, 2.05) is 6.92 Å². The van der Waals surface area contributed by atoms with Gasteiger partial charge < -0.3 is 14.8 Å². The van der Waals surface area contributed by atoms with E-state index in [1.54, 1.807) is 12.1 Å². The quantitative estimate of drug-likeness (QED) is 0.785. The molecule has 1 aromatic carbocycles. The maximum absolute atomic E-state index is 11.8. The van der Waals surface area contributed by atoms with Crippen LogP contribution in [0.4, 0.5) is 0 Å². The van der Waals surface area contributed by atoms with Crippen molar-refractivity contribution in [3.8, 4) is 5.75 Å². The summed E-state index contributed by atoms with van der Waals surface area (Å²) in [6, 6.07) is 4.87. The Morgan fingerprint density at radius 3 is 2.86 bits per heavy atom. The Labute approximate surface area is 124 Å². The van der Waals surface area contributed by atoms with Crippen LogP contribution in [0.2, 0.25) is 5.82 Å². The van der Waals surface area contributed by atoms with Gasteiger partial charge >= 0.3 is 13.1 Å². The van der Waals surface area contributed by atoms with E-state index in [0.29, 0.717) is 12.8 Å². The second-order valence-corrected chi connectivity index (χ2v) is 5.42. The first-order chi connectivity index (χ1) is 10.0. The number of rotatable bonds is 6. The summed E-state index contributed by atoms with van der Waals surface area (Å²) in [7, 11) is -1.14. The van der Waals surface area contributed by atoms with Crippen LogP contribution in [0.3, 0.4) is 0 Å². The molecule has 2 rings (SSSR count). The summed E-state index contributed by atoms with van der Waals surface area (Å²) in [5.74, 6) is -1.07. The third kappa shape index (κ3) is 3.64. The molecule has 1 aliphatic rings. The standard InChI is InChI=1S/C15H19BO5/c1-2-3-6-12(17)9-11-8-10-5-4-7-13(15(18)19)14(10)21-16(11)20/h4-5,7,11,20H,2-3,6,8-9H2,1H3,(H,18,19)/t11-/m1/s1. The predicted octanol–water partition coefficient (Wildman–Crippen LogP) is 2.32. The van der Waals surface area contributed by atoms with Crippen LogP contribution < -0.4 is 4.65 Å². The molecule has 1 atom stereocenters. The van der Waals surface area contributed by atoms with Crippen molar-refractivity contribution >= 4 is 18.9 Å². The number of fused-ring (bicyclic) bond motifs is 1. The highest BCUT2D eigenvalue weighted by Gasteiger charge is 2.37. The van der Waals surface area contributed by atoms with E-state index in [1.165, 1.54) is 6.07 Å². The van der Waals surface area contributed by atoms with Crippen molar-refractivity contribution in [2.75, 3.05) is 0 Å². The van der Waals surface area contributed by atoms with Gasteiger partial charge in [0.2, 0.25) is 0 Å². The third-order valence-electron chi connectivity index (χ3n) is 3.75. The maximum atomic E-state index is 11.8. The van der Waals surface area contributed by atoms with Crippen LogP contribution in [0.15, 0.2) is 18.2 Å². The lowest BCUT2D eigenvalue weighted by atomic mass is 9.64. The second-order valence-electron chi connectivity index (χ2n) is 5.42. The molecule has 0 unspecified atom stereocenters. The van der Waals surface area contributed by atoms with Crippen LogP contribution in [0.25, 0.3) is 0 Å². The minimum atomic E-state index is -1.14. The Bertz CT molecular complexity index is 543. The van der Waals surface area contributed by atoms with E-state index in [9.17, 15) is 14.6 Å². The molecule has 1 heterocycles. The fraction of sp³-hybridized carbons (Fsp3) is 0.467. The molecule has 1 aliphatic heterocycles. The van der Waals surface area contributed by atoms with Crippen molar-refractivity contribution in [2.24, 2.45) is 0 Å². The predicted molar refractivity (Wildman–Crippen MR) is 78.6 cm³/mol. The van der Waals surface area contributed by atoms with Gasteiger partial charge in [-0.1, -0.05) is 25.5 Å². The van der Waals surface area contributed by atoms with Crippen molar-refractivity contribution in [1.29, 1.82) is 0 Å². The molecule has 0 radical (unpaired) electrons. The molecule has 1 aromatic rings. The van der Waals surface area contributed by atoms with Crippen LogP contribution in [0.1, 0.15) is 48.5 Å². The van der Waals surface area contributed by atoms with Gasteiger partial charge in [0.15, 0.2) is 0 Å². The monoisotopic (exact) mass is 290 g/mol. The van der Waals surface area contributed by atoms with Crippen LogP contribution in [-0.2, 0) is 11.2 Å². The molecule has 21 heavy (non-hydrogen) atoms. The van der Waals surface area contributed by atoms with Gasteiger partial charge in [-0.3, -0.25) is 4.79 Å².